The van der Waals surface area contributed by atoms with Crippen LogP contribution in [-0.2, 0) is 4.79 Å². The van der Waals surface area contributed by atoms with Gasteiger partial charge in [0.05, 0.1) is 12.4 Å². The van der Waals surface area contributed by atoms with E-state index >= 15 is 0 Å². The van der Waals surface area contributed by atoms with E-state index in [2.05, 4.69) is 0 Å². The fraction of sp³-hybridized carbons (Fsp3) is 0.250. The molecule has 0 N–H and O–H groups in total. The van der Waals surface area contributed by atoms with E-state index in [0.29, 0.717) is 12.0 Å². The third kappa shape index (κ3) is 4.44. The van der Waals surface area contributed by atoms with E-state index in [4.69, 9.17) is 4.74 Å². The van der Waals surface area contributed by atoms with Crippen molar-refractivity contribution in [2.24, 2.45) is 0 Å². The summed E-state index contributed by atoms with van der Waals surface area (Å²) < 4.78 is 5.08. The van der Waals surface area contributed by atoms with Gasteiger partial charge in [-0.2, -0.15) is 0 Å². The second-order valence-corrected chi connectivity index (χ2v) is 6.83. The van der Waals surface area contributed by atoms with Crippen molar-refractivity contribution in [1.82, 2.24) is 0 Å². The van der Waals surface area contributed by atoms with E-state index in [0.717, 1.165) is 10.6 Å². The summed E-state index contributed by atoms with van der Waals surface area (Å²) in [6.07, 6.45) is 0.317. The predicted molar refractivity (Wildman–Crippen MR) is 87.3 cm³/mol. The van der Waals surface area contributed by atoms with Crippen molar-refractivity contribution in [2.45, 2.75) is 18.6 Å². The third-order valence-electron chi connectivity index (χ3n) is 2.95. The summed E-state index contributed by atoms with van der Waals surface area (Å²) in [7, 11) is 1.59. The van der Waals surface area contributed by atoms with Crippen molar-refractivity contribution in [2.75, 3.05) is 7.11 Å². The van der Waals surface area contributed by atoms with E-state index in [9.17, 15) is 9.59 Å². The molecule has 0 radical (unpaired) electrons. The first-order valence-corrected chi connectivity index (χ1v) is 8.24. The summed E-state index contributed by atoms with van der Waals surface area (Å²) in [6, 6.07) is 10.9. The molecular weight excluding hydrogens is 304 g/mol. The van der Waals surface area contributed by atoms with Gasteiger partial charge in [0.1, 0.15) is 5.75 Å². The van der Waals surface area contributed by atoms with Crippen LogP contribution in [-0.4, -0.2) is 18.0 Å². The van der Waals surface area contributed by atoms with Gasteiger partial charge >= 0.3 is 0 Å². The van der Waals surface area contributed by atoms with Crippen LogP contribution in [0.3, 0.4) is 0 Å². The standard InChI is InChI=1S/C16H16O3S2/c1-11(17)21-16(15-4-3-9-20-15)10-14(18)12-5-7-13(19-2)8-6-12/h3-9,16H,10H2,1-2H3. The fourth-order valence-electron chi connectivity index (χ4n) is 1.94. The molecule has 2 rings (SSSR count). The predicted octanol–water partition coefficient (Wildman–Crippen LogP) is 4.35. The molecule has 0 bridgehead atoms. The molecule has 21 heavy (non-hydrogen) atoms. The highest BCUT2D eigenvalue weighted by Crippen LogP contribution is 2.36. The highest BCUT2D eigenvalue weighted by atomic mass is 32.2. The van der Waals surface area contributed by atoms with Crippen LogP contribution < -0.4 is 4.74 Å². The van der Waals surface area contributed by atoms with E-state index < -0.39 is 0 Å². The SMILES string of the molecule is COc1ccc(C(=O)CC(SC(C)=O)c2cccs2)cc1. The Morgan fingerprint density at radius 2 is 1.95 bits per heavy atom. The van der Waals surface area contributed by atoms with E-state index in [1.807, 2.05) is 17.5 Å². The van der Waals surface area contributed by atoms with E-state index in [-0.39, 0.29) is 16.1 Å². The highest BCUT2D eigenvalue weighted by molar-refractivity contribution is 8.13. The van der Waals surface area contributed by atoms with Crippen molar-refractivity contribution in [1.29, 1.82) is 0 Å². The lowest BCUT2D eigenvalue weighted by molar-refractivity contribution is -0.109. The molecule has 0 aliphatic rings. The minimum Gasteiger partial charge on any atom is -0.497 e. The Bertz CT molecular complexity index is 603. The molecule has 0 saturated carbocycles. The number of methoxy groups -OCH3 is 1. The van der Waals surface area contributed by atoms with Crippen LogP contribution in [0.4, 0.5) is 0 Å². The van der Waals surface area contributed by atoms with Crippen LogP contribution in [0.1, 0.15) is 33.8 Å². The number of hydrogen-bond acceptors (Lipinski definition) is 5. The van der Waals surface area contributed by atoms with Crippen LogP contribution in [0, 0.1) is 0 Å². The molecule has 0 spiro atoms. The number of ether oxygens (including phenoxy) is 1. The number of thioether (sulfide) groups is 1. The largest absolute Gasteiger partial charge is 0.497 e. The Labute approximate surface area is 132 Å². The van der Waals surface area contributed by atoms with Crippen molar-refractivity contribution < 1.29 is 14.3 Å². The van der Waals surface area contributed by atoms with Crippen molar-refractivity contribution in [3.05, 3.63) is 52.2 Å². The van der Waals surface area contributed by atoms with Crippen molar-refractivity contribution in [3.8, 4) is 5.75 Å². The molecule has 1 atom stereocenters. The molecule has 1 unspecified atom stereocenters. The summed E-state index contributed by atoms with van der Waals surface area (Å²) in [4.78, 5) is 24.8. The molecule has 0 saturated heterocycles. The maximum Gasteiger partial charge on any atom is 0.186 e. The number of rotatable bonds is 6. The molecule has 5 heteroatoms. The summed E-state index contributed by atoms with van der Waals surface area (Å²) in [5, 5.41) is 1.87. The normalized spacial score (nSPS) is 11.9. The van der Waals surface area contributed by atoms with Crippen molar-refractivity contribution in [3.63, 3.8) is 0 Å². The molecule has 0 fully saturated rings. The average Bonchev–Trinajstić information content (AvgIpc) is 3.00. The fourth-order valence-corrected chi connectivity index (χ4v) is 3.79. The number of thiophene rings is 1. The maximum atomic E-state index is 12.4. The van der Waals surface area contributed by atoms with Gasteiger partial charge in [0, 0.05) is 23.8 Å². The van der Waals surface area contributed by atoms with Gasteiger partial charge in [0.15, 0.2) is 10.9 Å². The number of hydrogen-bond donors (Lipinski definition) is 0. The molecule has 3 nitrogen and oxygen atoms in total. The first kappa shape index (κ1) is 15.8. The summed E-state index contributed by atoms with van der Waals surface area (Å²) in [6.45, 7) is 1.53. The third-order valence-corrected chi connectivity index (χ3v) is 5.12. The Kier molecular flexibility index (Phi) is 5.59. The Morgan fingerprint density at radius 3 is 2.48 bits per heavy atom. The lowest BCUT2D eigenvalue weighted by Gasteiger charge is -2.12. The number of benzene rings is 1. The zero-order valence-electron chi connectivity index (χ0n) is 11.9. The second kappa shape index (κ2) is 7.43. The van der Waals surface area contributed by atoms with Crippen LogP contribution in [0.2, 0.25) is 0 Å². The molecule has 110 valence electrons. The quantitative estimate of drug-likeness (QED) is 0.742. The lowest BCUT2D eigenvalue weighted by atomic mass is 10.1. The van der Waals surface area contributed by atoms with E-state index in [1.165, 1.54) is 18.7 Å². The summed E-state index contributed by atoms with van der Waals surface area (Å²) in [5.41, 5.74) is 0.640. The molecule has 2 aromatic rings. The topological polar surface area (TPSA) is 43.4 Å². The van der Waals surface area contributed by atoms with Gasteiger partial charge < -0.3 is 4.74 Å². The minimum absolute atomic E-state index is 0.0240. The molecule has 1 heterocycles. The highest BCUT2D eigenvalue weighted by Gasteiger charge is 2.20. The second-order valence-electron chi connectivity index (χ2n) is 4.47. The molecular formula is C16H16O3S2. The van der Waals surface area contributed by atoms with Gasteiger partial charge in [-0.3, -0.25) is 9.59 Å². The number of carbonyl (C=O) groups excluding carboxylic acids is 2. The zero-order chi connectivity index (χ0) is 15.2. The van der Waals surface area contributed by atoms with Crippen molar-refractivity contribution >= 4 is 34.0 Å². The van der Waals surface area contributed by atoms with E-state index in [1.54, 1.807) is 42.7 Å². The van der Waals surface area contributed by atoms with Gasteiger partial charge in [-0.15, -0.1) is 11.3 Å². The Balaban J connectivity index is 2.11. The number of ketones is 1. The smallest absolute Gasteiger partial charge is 0.186 e. The first-order valence-electron chi connectivity index (χ1n) is 6.48. The lowest BCUT2D eigenvalue weighted by Crippen LogP contribution is -2.06. The molecule has 0 aliphatic carbocycles. The Hall–Kier alpha value is -1.59. The van der Waals surface area contributed by atoms with Crippen LogP contribution in [0.5, 0.6) is 5.75 Å². The molecule has 0 aliphatic heterocycles. The van der Waals surface area contributed by atoms with Gasteiger partial charge in [0.2, 0.25) is 0 Å². The average molecular weight is 320 g/mol. The Morgan fingerprint density at radius 1 is 1.24 bits per heavy atom. The molecule has 1 aromatic carbocycles. The van der Waals surface area contributed by atoms with Gasteiger partial charge in [-0.25, -0.2) is 0 Å². The van der Waals surface area contributed by atoms with Crippen LogP contribution >= 0.6 is 23.1 Å². The van der Waals surface area contributed by atoms with Gasteiger partial charge in [-0.05, 0) is 35.7 Å². The monoisotopic (exact) mass is 320 g/mol. The van der Waals surface area contributed by atoms with Gasteiger partial charge in [-0.1, -0.05) is 17.8 Å². The first-order chi connectivity index (χ1) is 10.1. The van der Waals surface area contributed by atoms with Gasteiger partial charge in [0.25, 0.3) is 0 Å². The number of Topliss-reactive ketones (excluding diaryl/α,β-unsaturated/α-hetero) is 1. The maximum absolute atomic E-state index is 12.4. The summed E-state index contributed by atoms with van der Waals surface area (Å²) in [5.74, 6) is 0.754. The minimum atomic E-state index is -0.114. The molecule has 0 amide bonds. The summed E-state index contributed by atoms with van der Waals surface area (Å²) >= 11 is 2.78. The zero-order valence-corrected chi connectivity index (χ0v) is 13.5. The van der Waals surface area contributed by atoms with Crippen LogP contribution in [0.15, 0.2) is 41.8 Å². The van der Waals surface area contributed by atoms with Crippen LogP contribution in [0.25, 0.3) is 0 Å². The molecule has 1 aromatic heterocycles. The number of carbonyl (C=O) groups is 2.